The van der Waals surface area contributed by atoms with Crippen molar-refractivity contribution in [2.75, 3.05) is 12.3 Å². The summed E-state index contributed by atoms with van der Waals surface area (Å²) in [5, 5.41) is 6.12. The number of hydrogen-bond donors (Lipinski definition) is 0. The minimum absolute atomic E-state index is 0.297. The molecule has 0 amide bonds. The molecule has 4 rings (SSSR count). The fourth-order valence-electron chi connectivity index (χ4n) is 4.51. The molecule has 0 aromatic heterocycles. The maximum absolute atomic E-state index is 2.41. The van der Waals surface area contributed by atoms with Crippen LogP contribution in [0.4, 0.5) is 0 Å². The Kier molecular flexibility index (Phi) is 9.93. The highest BCUT2D eigenvalue weighted by Gasteiger charge is 2.18. The third-order valence-electron chi connectivity index (χ3n) is 6.30. The van der Waals surface area contributed by atoms with Crippen molar-refractivity contribution in [2.24, 2.45) is 0 Å². The third-order valence-corrected chi connectivity index (χ3v) is 11.6. The lowest BCUT2D eigenvalue weighted by molar-refractivity contribution is 0.798. The van der Waals surface area contributed by atoms with E-state index >= 15 is 0 Å². The highest BCUT2D eigenvalue weighted by Crippen LogP contribution is 2.39. The van der Waals surface area contributed by atoms with Crippen molar-refractivity contribution in [1.82, 2.24) is 0 Å². The molecule has 0 saturated carbocycles. The molecule has 34 heavy (non-hydrogen) atoms. The van der Waals surface area contributed by atoms with E-state index in [1.54, 1.807) is 10.9 Å². The average molecular weight is 483 g/mol. The Bertz CT molecular complexity index is 1050. The second-order valence-electron chi connectivity index (χ2n) is 8.75. The summed E-state index contributed by atoms with van der Waals surface area (Å²) in [6, 6.07) is 42.8. The van der Waals surface area contributed by atoms with E-state index in [1.807, 2.05) is 0 Å². The van der Waals surface area contributed by atoms with Crippen molar-refractivity contribution in [2.45, 2.75) is 39.0 Å². The van der Waals surface area contributed by atoms with E-state index in [2.05, 4.69) is 122 Å². The van der Waals surface area contributed by atoms with E-state index in [-0.39, 0.29) is 15.8 Å². The third kappa shape index (κ3) is 6.88. The predicted octanol–water partition coefficient (Wildman–Crippen LogP) is 7.38. The van der Waals surface area contributed by atoms with Gasteiger partial charge in [0.25, 0.3) is 0 Å². The van der Waals surface area contributed by atoms with Crippen LogP contribution in [0.5, 0.6) is 0 Å². The van der Waals surface area contributed by atoms with E-state index in [0.29, 0.717) is 0 Å². The Hall–Kier alpha value is -2.26. The van der Waals surface area contributed by atoms with Crippen LogP contribution in [0.15, 0.2) is 115 Å². The molecule has 0 N–H and O–H groups in total. The Balaban J connectivity index is 1.49. The molecule has 0 saturated heterocycles. The van der Waals surface area contributed by atoms with Crippen LogP contribution in [0.1, 0.15) is 38.2 Å². The quantitative estimate of drug-likeness (QED) is 0.146. The number of aryl methyl sites for hydroxylation is 1. The maximum Gasteiger partial charge on any atom is -0.0163 e. The number of rotatable bonds is 12. The summed E-state index contributed by atoms with van der Waals surface area (Å²) in [7, 11) is -0.618. The van der Waals surface area contributed by atoms with Gasteiger partial charge < -0.3 is 0 Å². The summed E-state index contributed by atoms with van der Waals surface area (Å²) in [5.74, 6) is 0. The summed E-state index contributed by atoms with van der Waals surface area (Å²) in [6.07, 6.45) is 8.81. The SMILES string of the molecule is CCCCc1ccccc1P(CCCCP(c1ccccc1)c1ccccc1)c1ccccc1. The Morgan fingerprint density at radius 3 is 1.44 bits per heavy atom. The molecular weight excluding hydrogens is 446 g/mol. The molecule has 174 valence electrons. The molecule has 4 aromatic rings. The summed E-state index contributed by atoms with van der Waals surface area (Å²) in [5.41, 5.74) is 1.56. The van der Waals surface area contributed by atoms with Crippen molar-refractivity contribution in [3.8, 4) is 0 Å². The lowest BCUT2D eigenvalue weighted by Crippen LogP contribution is -2.18. The molecule has 0 spiro atoms. The van der Waals surface area contributed by atoms with Gasteiger partial charge in [0.2, 0.25) is 0 Å². The van der Waals surface area contributed by atoms with Crippen LogP contribution in [0.2, 0.25) is 0 Å². The number of unbranched alkanes of at least 4 members (excludes halogenated alkanes) is 2. The fraction of sp³-hybridized carbons (Fsp3) is 0.250. The minimum Gasteiger partial charge on any atom is -0.0654 e. The lowest BCUT2D eigenvalue weighted by Gasteiger charge is -2.23. The van der Waals surface area contributed by atoms with Crippen LogP contribution < -0.4 is 21.2 Å². The van der Waals surface area contributed by atoms with Gasteiger partial charge in [-0.3, -0.25) is 0 Å². The smallest absolute Gasteiger partial charge is 0.0163 e. The predicted molar refractivity (Wildman–Crippen MR) is 156 cm³/mol. The van der Waals surface area contributed by atoms with Crippen LogP contribution in [0, 0.1) is 0 Å². The summed E-state index contributed by atoms with van der Waals surface area (Å²) >= 11 is 0. The molecule has 0 aliphatic rings. The second kappa shape index (κ2) is 13.6. The van der Waals surface area contributed by atoms with Crippen LogP contribution in [0.3, 0.4) is 0 Å². The van der Waals surface area contributed by atoms with Crippen LogP contribution in [-0.4, -0.2) is 12.3 Å². The first-order valence-corrected chi connectivity index (χ1v) is 15.7. The maximum atomic E-state index is 2.41. The molecule has 0 aliphatic carbocycles. The van der Waals surface area contributed by atoms with Gasteiger partial charge in [0.15, 0.2) is 0 Å². The van der Waals surface area contributed by atoms with Gasteiger partial charge in [-0.2, -0.15) is 0 Å². The first kappa shape index (κ1) is 24.9. The summed E-state index contributed by atoms with van der Waals surface area (Å²) in [4.78, 5) is 0. The van der Waals surface area contributed by atoms with Gasteiger partial charge in [-0.05, 0) is 80.6 Å². The summed E-state index contributed by atoms with van der Waals surface area (Å²) < 4.78 is 0. The van der Waals surface area contributed by atoms with Gasteiger partial charge in [-0.1, -0.05) is 129 Å². The van der Waals surface area contributed by atoms with Crippen LogP contribution in [-0.2, 0) is 6.42 Å². The summed E-state index contributed by atoms with van der Waals surface area (Å²) in [6.45, 7) is 2.29. The standard InChI is InChI=1S/C32H36P2/c1-2-3-17-28-18-13-14-25-32(28)34(31-23-11-6-12-24-31)27-16-15-26-33(29-19-7-4-8-20-29)30-21-9-5-10-22-30/h4-14,18-25H,2-3,15-17,26-27H2,1H3. The molecule has 0 bridgehead atoms. The Labute approximate surface area is 209 Å². The van der Waals surface area contributed by atoms with Crippen molar-refractivity contribution in [3.05, 3.63) is 121 Å². The molecule has 0 fully saturated rings. The van der Waals surface area contributed by atoms with Gasteiger partial charge in [0, 0.05) is 0 Å². The van der Waals surface area contributed by atoms with Crippen molar-refractivity contribution < 1.29 is 0 Å². The normalized spacial score (nSPS) is 12.1. The average Bonchev–Trinajstić information content (AvgIpc) is 2.91. The van der Waals surface area contributed by atoms with E-state index in [0.717, 1.165) is 0 Å². The van der Waals surface area contributed by atoms with Crippen molar-refractivity contribution in [1.29, 1.82) is 0 Å². The van der Waals surface area contributed by atoms with E-state index in [1.165, 1.54) is 60.3 Å². The zero-order valence-corrected chi connectivity index (χ0v) is 22.1. The van der Waals surface area contributed by atoms with E-state index in [9.17, 15) is 0 Å². The molecule has 4 aromatic carbocycles. The van der Waals surface area contributed by atoms with E-state index in [4.69, 9.17) is 0 Å². The minimum atomic E-state index is -0.320. The van der Waals surface area contributed by atoms with Crippen molar-refractivity contribution >= 4 is 37.1 Å². The number of benzene rings is 4. The van der Waals surface area contributed by atoms with E-state index < -0.39 is 0 Å². The second-order valence-corrected chi connectivity index (χ2v) is 13.4. The zero-order valence-electron chi connectivity index (χ0n) is 20.3. The lowest BCUT2D eigenvalue weighted by atomic mass is 10.1. The number of hydrogen-bond acceptors (Lipinski definition) is 0. The van der Waals surface area contributed by atoms with Crippen molar-refractivity contribution in [3.63, 3.8) is 0 Å². The molecule has 2 heteroatoms. The van der Waals surface area contributed by atoms with Crippen LogP contribution >= 0.6 is 15.8 Å². The largest absolute Gasteiger partial charge is 0.0654 e. The Morgan fingerprint density at radius 1 is 0.471 bits per heavy atom. The zero-order chi connectivity index (χ0) is 23.4. The topological polar surface area (TPSA) is 0 Å². The molecule has 0 aliphatic heterocycles. The van der Waals surface area contributed by atoms with Gasteiger partial charge >= 0.3 is 0 Å². The highest BCUT2D eigenvalue weighted by atomic mass is 31.1. The molecule has 0 nitrogen and oxygen atoms in total. The molecule has 0 radical (unpaired) electrons. The molecule has 1 atom stereocenters. The van der Waals surface area contributed by atoms with Gasteiger partial charge in [0.1, 0.15) is 0 Å². The Morgan fingerprint density at radius 2 is 0.912 bits per heavy atom. The molecule has 1 unspecified atom stereocenters. The fourth-order valence-corrected chi connectivity index (χ4v) is 9.58. The molecule has 0 heterocycles. The highest BCUT2D eigenvalue weighted by molar-refractivity contribution is 7.73. The molecular formula is C32H36P2. The van der Waals surface area contributed by atoms with Gasteiger partial charge in [0.05, 0.1) is 0 Å². The first-order chi connectivity index (χ1) is 16.9. The van der Waals surface area contributed by atoms with Gasteiger partial charge in [-0.25, -0.2) is 0 Å². The van der Waals surface area contributed by atoms with Crippen LogP contribution in [0.25, 0.3) is 0 Å². The monoisotopic (exact) mass is 482 g/mol. The first-order valence-electron chi connectivity index (χ1n) is 12.6. The van der Waals surface area contributed by atoms with Gasteiger partial charge in [-0.15, -0.1) is 0 Å².